The SMILES string of the molecule is COc1cc(C(=O)Nc2ccc(N3CCN(c4ccccc4)CC3)nc2)cc(F)c1O. The normalized spacial score (nSPS) is 13.7. The molecule has 1 saturated heterocycles. The molecule has 0 spiro atoms. The van der Waals surface area contributed by atoms with Crippen molar-refractivity contribution in [3.63, 3.8) is 0 Å². The Morgan fingerprint density at radius 3 is 2.42 bits per heavy atom. The lowest BCUT2D eigenvalue weighted by atomic mass is 10.1. The van der Waals surface area contributed by atoms with Gasteiger partial charge in [-0.05, 0) is 36.4 Å². The summed E-state index contributed by atoms with van der Waals surface area (Å²) in [5.41, 5.74) is 1.74. The van der Waals surface area contributed by atoms with Gasteiger partial charge in [0.15, 0.2) is 17.3 Å². The number of aromatic hydroxyl groups is 1. The molecule has 1 aliphatic heterocycles. The van der Waals surface area contributed by atoms with Crippen molar-refractivity contribution in [3.8, 4) is 11.5 Å². The molecule has 2 heterocycles. The first-order valence-corrected chi connectivity index (χ1v) is 9.94. The number of rotatable bonds is 5. The molecule has 31 heavy (non-hydrogen) atoms. The smallest absolute Gasteiger partial charge is 0.255 e. The van der Waals surface area contributed by atoms with Gasteiger partial charge in [0.1, 0.15) is 5.82 Å². The molecule has 8 heteroatoms. The quantitative estimate of drug-likeness (QED) is 0.655. The highest BCUT2D eigenvalue weighted by molar-refractivity contribution is 6.04. The summed E-state index contributed by atoms with van der Waals surface area (Å²) in [7, 11) is 1.29. The number of aromatic nitrogens is 1. The first-order valence-electron chi connectivity index (χ1n) is 9.94. The lowest BCUT2D eigenvalue weighted by Crippen LogP contribution is -2.46. The van der Waals surface area contributed by atoms with Crippen LogP contribution in [0.15, 0.2) is 60.8 Å². The molecule has 2 aromatic carbocycles. The van der Waals surface area contributed by atoms with Crippen molar-refractivity contribution in [2.45, 2.75) is 0 Å². The number of pyridine rings is 1. The highest BCUT2D eigenvalue weighted by atomic mass is 19.1. The van der Waals surface area contributed by atoms with E-state index in [9.17, 15) is 14.3 Å². The average molecular weight is 422 g/mol. The predicted molar refractivity (Wildman–Crippen MR) is 118 cm³/mol. The molecular formula is C23H23FN4O3. The number of hydrogen-bond acceptors (Lipinski definition) is 6. The third-order valence-corrected chi connectivity index (χ3v) is 5.24. The standard InChI is InChI=1S/C23H23FN4O3/c1-31-20-14-16(13-19(24)22(20)29)23(30)26-17-7-8-21(25-15-17)28-11-9-27(10-12-28)18-5-3-2-4-6-18/h2-8,13-15,29H,9-12H2,1H3,(H,26,30). The zero-order valence-electron chi connectivity index (χ0n) is 17.1. The summed E-state index contributed by atoms with van der Waals surface area (Å²) in [5.74, 6) is -1.34. The Kier molecular flexibility index (Phi) is 5.88. The number of phenols is 1. The Morgan fingerprint density at radius 1 is 1.06 bits per heavy atom. The zero-order chi connectivity index (χ0) is 21.8. The number of phenolic OH excluding ortho intramolecular Hbond substituents is 1. The molecule has 1 fully saturated rings. The topological polar surface area (TPSA) is 77.9 Å². The van der Waals surface area contributed by atoms with E-state index in [4.69, 9.17) is 4.74 Å². The van der Waals surface area contributed by atoms with E-state index >= 15 is 0 Å². The Morgan fingerprint density at radius 2 is 1.77 bits per heavy atom. The van der Waals surface area contributed by atoms with E-state index in [1.165, 1.54) is 18.9 Å². The third-order valence-electron chi connectivity index (χ3n) is 5.24. The highest BCUT2D eigenvalue weighted by Crippen LogP contribution is 2.30. The number of nitrogens with one attached hydrogen (secondary N) is 1. The molecule has 3 aromatic rings. The number of carbonyl (C=O) groups excluding carboxylic acids is 1. The fourth-order valence-corrected chi connectivity index (χ4v) is 3.54. The zero-order valence-corrected chi connectivity index (χ0v) is 17.1. The Labute approximate surface area is 179 Å². The fourth-order valence-electron chi connectivity index (χ4n) is 3.54. The molecule has 4 rings (SSSR count). The fraction of sp³-hybridized carbons (Fsp3) is 0.217. The molecular weight excluding hydrogens is 399 g/mol. The minimum atomic E-state index is -0.924. The van der Waals surface area contributed by atoms with Gasteiger partial charge in [-0.2, -0.15) is 0 Å². The summed E-state index contributed by atoms with van der Waals surface area (Å²) in [4.78, 5) is 21.5. The van der Waals surface area contributed by atoms with E-state index in [-0.39, 0.29) is 11.3 Å². The number of halogens is 1. The number of ether oxygens (including phenoxy) is 1. The molecule has 1 amide bonds. The maximum atomic E-state index is 13.8. The molecule has 160 valence electrons. The predicted octanol–water partition coefficient (Wildman–Crippen LogP) is 3.51. The van der Waals surface area contributed by atoms with Crippen LogP contribution in [0.4, 0.5) is 21.6 Å². The first kappa shape index (κ1) is 20.5. The summed E-state index contributed by atoms with van der Waals surface area (Å²) >= 11 is 0. The molecule has 7 nitrogen and oxygen atoms in total. The Bertz CT molecular complexity index is 1050. The Balaban J connectivity index is 1.38. The van der Waals surface area contributed by atoms with Crippen LogP contribution in [0.1, 0.15) is 10.4 Å². The molecule has 0 aliphatic carbocycles. The minimum absolute atomic E-state index is 0.0354. The maximum Gasteiger partial charge on any atom is 0.255 e. The molecule has 0 atom stereocenters. The van der Waals surface area contributed by atoms with E-state index in [2.05, 4.69) is 32.2 Å². The van der Waals surface area contributed by atoms with E-state index in [0.29, 0.717) is 5.69 Å². The van der Waals surface area contributed by atoms with E-state index in [0.717, 1.165) is 38.1 Å². The van der Waals surface area contributed by atoms with E-state index in [1.54, 1.807) is 12.3 Å². The van der Waals surface area contributed by atoms with Crippen LogP contribution in [0.25, 0.3) is 0 Å². The summed E-state index contributed by atoms with van der Waals surface area (Å²) in [6, 6.07) is 16.2. The van der Waals surface area contributed by atoms with Crippen molar-refractivity contribution >= 4 is 23.1 Å². The number of anilines is 3. The second-order valence-corrected chi connectivity index (χ2v) is 7.18. The molecule has 1 aromatic heterocycles. The van der Waals surface area contributed by atoms with Crippen LogP contribution in [0, 0.1) is 5.82 Å². The van der Waals surface area contributed by atoms with Gasteiger partial charge in [-0.1, -0.05) is 18.2 Å². The monoisotopic (exact) mass is 422 g/mol. The number of nitrogens with zero attached hydrogens (tertiary/aromatic N) is 3. The third kappa shape index (κ3) is 4.53. The van der Waals surface area contributed by atoms with Crippen molar-refractivity contribution in [3.05, 3.63) is 72.2 Å². The number of hydrogen-bond donors (Lipinski definition) is 2. The van der Waals surface area contributed by atoms with Crippen molar-refractivity contribution in [2.75, 3.05) is 48.4 Å². The van der Waals surface area contributed by atoms with Gasteiger partial charge in [0.2, 0.25) is 0 Å². The van der Waals surface area contributed by atoms with Gasteiger partial charge in [0.05, 0.1) is 19.0 Å². The maximum absolute atomic E-state index is 13.8. The number of carbonyl (C=O) groups is 1. The first-order chi connectivity index (χ1) is 15.0. The second kappa shape index (κ2) is 8.91. The van der Waals surface area contributed by atoms with Gasteiger partial charge in [0.25, 0.3) is 5.91 Å². The van der Waals surface area contributed by atoms with Crippen molar-refractivity contribution < 1.29 is 19.0 Å². The van der Waals surface area contributed by atoms with Crippen LogP contribution in [-0.2, 0) is 0 Å². The number of para-hydroxylation sites is 1. The van der Waals surface area contributed by atoms with Gasteiger partial charge in [-0.25, -0.2) is 9.37 Å². The van der Waals surface area contributed by atoms with Crippen LogP contribution in [0.2, 0.25) is 0 Å². The molecule has 0 saturated carbocycles. The lowest BCUT2D eigenvalue weighted by molar-refractivity contribution is 0.102. The van der Waals surface area contributed by atoms with Gasteiger partial charge in [-0.3, -0.25) is 4.79 Å². The number of amides is 1. The van der Waals surface area contributed by atoms with Crippen molar-refractivity contribution in [2.24, 2.45) is 0 Å². The van der Waals surface area contributed by atoms with Gasteiger partial charge < -0.3 is 25.0 Å². The van der Waals surface area contributed by atoms with Crippen LogP contribution >= 0.6 is 0 Å². The number of piperazine rings is 1. The minimum Gasteiger partial charge on any atom is -0.502 e. The average Bonchev–Trinajstić information content (AvgIpc) is 2.82. The molecule has 1 aliphatic rings. The highest BCUT2D eigenvalue weighted by Gasteiger charge is 2.19. The van der Waals surface area contributed by atoms with Crippen LogP contribution in [0.5, 0.6) is 11.5 Å². The summed E-state index contributed by atoms with van der Waals surface area (Å²) in [6.45, 7) is 3.50. The molecule has 0 unspecified atom stereocenters. The second-order valence-electron chi connectivity index (χ2n) is 7.18. The number of benzene rings is 2. The van der Waals surface area contributed by atoms with E-state index < -0.39 is 17.5 Å². The van der Waals surface area contributed by atoms with Crippen molar-refractivity contribution in [1.82, 2.24) is 4.98 Å². The molecule has 0 bridgehead atoms. The molecule has 2 N–H and O–H groups in total. The van der Waals surface area contributed by atoms with Crippen LogP contribution < -0.4 is 19.9 Å². The van der Waals surface area contributed by atoms with Crippen LogP contribution in [0.3, 0.4) is 0 Å². The lowest BCUT2D eigenvalue weighted by Gasteiger charge is -2.36. The van der Waals surface area contributed by atoms with Gasteiger partial charge in [0, 0.05) is 37.4 Å². The summed E-state index contributed by atoms with van der Waals surface area (Å²) in [6.07, 6.45) is 1.57. The van der Waals surface area contributed by atoms with Crippen molar-refractivity contribution in [1.29, 1.82) is 0 Å². The van der Waals surface area contributed by atoms with E-state index in [1.807, 2.05) is 24.3 Å². The largest absolute Gasteiger partial charge is 0.502 e. The van der Waals surface area contributed by atoms with Gasteiger partial charge >= 0.3 is 0 Å². The summed E-state index contributed by atoms with van der Waals surface area (Å²) < 4.78 is 18.7. The number of methoxy groups -OCH3 is 1. The van der Waals surface area contributed by atoms with Gasteiger partial charge in [-0.15, -0.1) is 0 Å². The molecule has 0 radical (unpaired) electrons. The summed E-state index contributed by atoms with van der Waals surface area (Å²) in [5, 5.41) is 12.3. The van der Waals surface area contributed by atoms with Crippen LogP contribution in [-0.4, -0.2) is 49.3 Å². The Hall–Kier alpha value is -3.81.